The van der Waals surface area contributed by atoms with Crippen LogP contribution in [0.25, 0.3) is 11.3 Å². The molecule has 2 heterocycles. The minimum atomic E-state index is -6.05. The summed E-state index contributed by atoms with van der Waals surface area (Å²) in [7, 11) is 0. The van der Waals surface area contributed by atoms with E-state index in [1.807, 2.05) is 30.5 Å². The highest BCUT2D eigenvalue weighted by Crippen LogP contribution is 2.49. The molecule has 12 heteroatoms. The van der Waals surface area contributed by atoms with Crippen LogP contribution < -0.4 is 5.01 Å². The normalized spacial score (nSPS) is 16.9. The van der Waals surface area contributed by atoms with Crippen molar-refractivity contribution in [2.75, 3.05) is 11.3 Å². The molecule has 0 aliphatic carbocycles. The number of hydrogen-bond acceptors (Lipinski definition) is 5. The highest BCUT2D eigenvalue weighted by molar-refractivity contribution is 7.98. The number of benzene rings is 2. The average molecular weight is 546 g/mol. The van der Waals surface area contributed by atoms with Crippen molar-refractivity contribution < 1.29 is 31.4 Å². The summed E-state index contributed by atoms with van der Waals surface area (Å²) in [5.74, 6) is 0. The predicted molar refractivity (Wildman–Crippen MR) is 127 cm³/mol. The Morgan fingerprint density at radius 1 is 0.972 bits per heavy atom. The lowest BCUT2D eigenvalue weighted by molar-refractivity contribution is -0.338. The van der Waals surface area contributed by atoms with Crippen LogP contribution in [0.3, 0.4) is 0 Å². The summed E-state index contributed by atoms with van der Waals surface area (Å²) in [6.45, 7) is 0. The second-order valence-corrected chi connectivity index (χ2v) is 9.26. The maximum atomic E-state index is 13.6. The topological polar surface area (TPSA) is 48.7 Å². The van der Waals surface area contributed by atoms with Crippen LogP contribution in [0.2, 0.25) is 5.02 Å². The van der Waals surface area contributed by atoms with Crippen LogP contribution in [0, 0.1) is 0 Å². The molecule has 0 saturated carbocycles. The summed E-state index contributed by atoms with van der Waals surface area (Å²) in [5.41, 5.74) is -4.86. The van der Waals surface area contributed by atoms with Crippen LogP contribution in [0.1, 0.15) is 18.0 Å². The van der Waals surface area contributed by atoms with Crippen LogP contribution >= 0.6 is 23.4 Å². The zero-order valence-electron chi connectivity index (χ0n) is 18.5. The van der Waals surface area contributed by atoms with Gasteiger partial charge in [-0.15, -0.1) is 11.8 Å². The van der Waals surface area contributed by atoms with Gasteiger partial charge in [0.25, 0.3) is 5.60 Å². The van der Waals surface area contributed by atoms with Gasteiger partial charge in [0, 0.05) is 23.1 Å². The standard InChI is InChI=1S/C24H18ClF6N3OS/c1-36-16-6-4-5-14(11-16)18-10-9-15(13-32-18)20-12-21(22(35,23(26,27)28)24(29,30)31)33-34(20)19-8-3-2-7-17(19)25/h2-11,13,20,35H,12H2,1H3. The molecule has 1 aliphatic heterocycles. The zero-order chi connectivity index (χ0) is 26.3. The van der Waals surface area contributed by atoms with E-state index in [0.717, 1.165) is 15.5 Å². The van der Waals surface area contributed by atoms with Crippen molar-refractivity contribution in [3.8, 4) is 11.3 Å². The van der Waals surface area contributed by atoms with Crippen LogP contribution in [-0.2, 0) is 0 Å². The van der Waals surface area contributed by atoms with E-state index in [0.29, 0.717) is 11.3 Å². The summed E-state index contributed by atoms with van der Waals surface area (Å²) in [4.78, 5) is 5.37. The van der Waals surface area contributed by atoms with E-state index < -0.39 is 36.1 Å². The highest BCUT2D eigenvalue weighted by Gasteiger charge is 2.74. The summed E-state index contributed by atoms with van der Waals surface area (Å²) in [6, 6.07) is 15.5. The number of hydrogen-bond donors (Lipinski definition) is 1. The molecule has 2 aromatic carbocycles. The van der Waals surface area contributed by atoms with Crippen molar-refractivity contribution in [3.05, 3.63) is 77.4 Å². The largest absolute Gasteiger partial charge is 0.431 e. The van der Waals surface area contributed by atoms with Gasteiger partial charge >= 0.3 is 12.4 Å². The number of halogens is 7. The van der Waals surface area contributed by atoms with Gasteiger partial charge in [-0.3, -0.25) is 9.99 Å². The van der Waals surface area contributed by atoms with E-state index in [9.17, 15) is 31.4 Å². The van der Waals surface area contributed by atoms with Crippen LogP contribution in [0.15, 0.2) is 76.9 Å². The Labute approximate surface area is 211 Å². The van der Waals surface area contributed by atoms with Gasteiger partial charge < -0.3 is 5.11 Å². The Balaban J connectivity index is 1.77. The Morgan fingerprint density at radius 2 is 1.67 bits per heavy atom. The first-order valence-electron chi connectivity index (χ1n) is 10.4. The number of pyridine rings is 1. The lowest BCUT2D eigenvalue weighted by Gasteiger charge is -2.32. The van der Waals surface area contributed by atoms with Gasteiger partial charge in [0.1, 0.15) is 0 Å². The number of hydrazone groups is 1. The first kappa shape index (κ1) is 26.3. The molecule has 1 aromatic heterocycles. The summed E-state index contributed by atoms with van der Waals surface area (Å²) < 4.78 is 81.5. The number of para-hydroxylation sites is 1. The molecule has 190 valence electrons. The molecule has 1 N–H and O–H groups in total. The molecule has 0 spiro atoms. The Bertz CT molecular complexity index is 1270. The number of aliphatic hydroxyl groups is 1. The van der Waals surface area contributed by atoms with Crippen molar-refractivity contribution in [1.82, 2.24) is 4.98 Å². The summed E-state index contributed by atoms with van der Waals surface area (Å²) >= 11 is 7.73. The monoisotopic (exact) mass is 545 g/mol. The fraction of sp³-hybridized carbons (Fsp3) is 0.250. The van der Waals surface area contributed by atoms with Gasteiger partial charge in [0.2, 0.25) is 0 Å². The number of rotatable bonds is 5. The van der Waals surface area contributed by atoms with Crippen molar-refractivity contribution in [3.63, 3.8) is 0 Å². The lowest BCUT2D eigenvalue weighted by atomic mass is 9.90. The molecule has 1 unspecified atom stereocenters. The van der Waals surface area contributed by atoms with E-state index >= 15 is 0 Å². The fourth-order valence-corrected chi connectivity index (χ4v) is 4.57. The molecule has 3 aromatic rings. The first-order valence-corrected chi connectivity index (χ1v) is 12.0. The number of thioether (sulfide) groups is 1. The minimum Gasteiger partial charge on any atom is -0.369 e. The van der Waals surface area contributed by atoms with Crippen molar-refractivity contribution in [2.45, 2.75) is 35.3 Å². The Kier molecular flexibility index (Phi) is 7.02. The fourth-order valence-electron chi connectivity index (χ4n) is 3.89. The molecule has 0 fully saturated rings. The number of alkyl halides is 6. The molecular formula is C24H18ClF6N3OS. The number of aromatic nitrogens is 1. The molecule has 0 radical (unpaired) electrons. The van der Waals surface area contributed by atoms with Gasteiger partial charge in [-0.2, -0.15) is 31.4 Å². The smallest absolute Gasteiger partial charge is 0.369 e. The molecule has 0 amide bonds. The van der Waals surface area contributed by atoms with Crippen LogP contribution in [0.5, 0.6) is 0 Å². The minimum absolute atomic E-state index is 0.0634. The third kappa shape index (κ3) is 4.67. The van der Waals surface area contributed by atoms with E-state index in [2.05, 4.69) is 10.1 Å². The molecule has 1 atom stereocenters. The second kappa shape index (κ2) is 9.60. The molecule has 0 bridgehead atoms. The van der Waals surface area contributed by atoms with Crippen molar-refractivity contribution >= 4 is 34.8 Å². The summed E-state index contributed by atoms with van der Waals surface area (Å²) in [5, 5.41) is 14.6. The van der Waals surface area contributed by atoms with Gasteiger partial charge in [-0.25, -0.2) is 0 Å². The highest BCUT2D eigenvalue weighted by atomic mass is 35.5. The van der Waals surface area contributed by atoms with Crippen LogP contribution in [-0.4, -0.2) is 40.0 Å². The number of nitrogens with zero attached hydrogens (tertiary/aromatic N) is 3. The SMILES string of the molecule is CSc1cccc(-c2ccc(C3CC(C(O)(C(F)(F)F)C(F)(F)F)=NN3c3ccccc3Cl)cn2)c1. The molecule has 0 saturated heterocycles. The van der Waals surface area contributed by atoms with E-state index in [4.69, 9.17) is 11.6 Å². The van der Waals surface area contributed by atoms with Crippen LogP contribution in [0.4, 0.5) is 32.0 Å². The molecule has 36 heavy (non-hydrogen) atoms. The van der Waals surface area contributed by atoms with Gasteiger partial charge in [0.05, 0.1) is 28.2 Å². The maximum absolute atomic E-state index is 13.6. The van der Waals surface area contributed by atoms with Gasteiger partial charge in [-0.05, 0) is 42.2 Å². The molecular weight excluding hydrogens is 528 g/mol. The van der Waals surface area contributed by atoms with Crippen molar-refractivity contribution in [1.29, 1.82) is 0 Å². The predicted octanol–water partition coefficient (Wildman–Crippen LogP) is 7.29. The van der Waals surface area contributed by atoms with E-state index in [1.165, 1.54) is 36.2 Å². The Morgan fingerprint density at radius 3 is 2.25 bits per heavy atom. The third-order valence-corrected chi connectivity index (χ3v) is 6.83. The second-order valence-electron chi connectivity index (χ2n) is 7.98. The van der Waals surface area contributed by atoms with Crippen molar-refractivity contribution in [2.24, 2.45) is 5.10 Å². The molecule has 4 nitrogen and oxygen atoms in total. The van der Waals surface area contributed by atoms with Gasteiger partial charge in [0.15, 0.2) is 0 Å². The van der Waals surface area contributed by atoms with E-state index in [-0.39, 0.29) is 10.7 Å². The third-order valence-electron chi connectivity index (χ3n) is 5.78. The summed E-state index contributed by atoms with van der Waals surface area (Å²) in [6.07, 6.45) is -9.66. The van der Waals surface area contributed by atoms with Gasteiger partial charge in [-0.1, -0.05) is 41.9 Å². The van der Waals surface area contributed by atoms with E-state index in [1.54, 1.807) is 18.2 Å². The Hall–Kier alpha value is -2.76. The quantitative estimate of drug-likeness (QED) is 0.270. The molecule has 1 aliphatic rings. The molecule has 4 rings (SSSR count). The zero-order valence-corrected chi connectivity index (χ0v) is 20.1. The first-order chi connectivity index (χ1) is 16.9. The lowest BCUT2D eigenvalue weighted by Crippen LogP contribution is -2.62. The number of anilines is 1. The average Bonchev–Trinajstić information content (AvgIpc) is 3.28. The maximum Gasteiger partial charge on any atom is 0.431 e.